The van der Waals surface area contributed by atoms with Crippen LogP contribution in [0.4, 0.5) is 0 Å². The molecule has 0 saturated carbocycles. The molecule has 0 aliphatic carbocycles. The van der Waals surface area contributed by atoms with Gasteiger partial charge in [-0.2, -0.15) is 0 Å². The Labute approximate surface area is 89.5 Å². The van der Waals surface area contributed by atoms with Crippen LogP contribution in [-0.2, 0) is 0 Å². The van der Waals surface area contributed by atoms with E-state index in [1.54, 1.807) is 0 Å². The van der Waals surface area contributed by atoms with Gasteiger partial charge < -0.3 is 5.11 Å². The number of aliphatic hydroxyl groups is 1. The van der Waals surface area contributed by atoms with Crippen molar-refractivity contribution in [3.63, 3.8) is 0 Å². The van der Waals surface area contributed by atoms with E-state index >= 15 is 0 Å². The molecule has 0 fully saturated rings. The Balaban J connectivity index is 3.89. The van der Waals surface area contributed by atoms with Crippen LogP contribution in [0.3, 0.4) is 0 Å². The first-order valence-corrected chi connectivity index (χ1v) is 8.90. The van der Waals surface area contributed by atoms with Crippen LogP contribution in [0.5, 0.6) is 0 Å². The third-order valence-electron chi connectivity index (χ3n) is 1.89. The molecule has 0 unspecified atom stereocenters. The number of rotatable bonds is 6. The van der Waals surface area contributed by atoms with E-state index in [1.165, 1.54) is 5.57 Å². The minimum absolute atomic E-state index is 0.281. The highest BCUT2D eigenvalue weighted by Crippen LogP contribution is 2.20. The average Bonchev–Trinajstić information content (AvgIpc) is 1.77. The van der Waals surface area contributed by atoms with Crippen molar-refractivity contribution < 1.29 is 5.11 Å². The van der Waals surface area contributed by atoms with Crippen LogP contribution < -0.4 is 0 Å². The maximum Gasteiger partial charge on any atom is 0.0613 e. The highest BCUT2D eigenvalue weighted by molar-refractivity contribution is 6.76. The maximum absolute atomic E-state index is 9.68. The molecule has 1 atom stereocenters. The summed E-state index contributed by atoms with van der Waals surface area (Å²) in [6.07, 6.45) is 1.15. The zero-order valence-electron chi connectivity index (χ0n) is 10.1. The highest BCUT2D eigenvalue weighted by atomic mass is 28.3. The molecule has 0 spiro atoms. The molecule has 14 heavy (non-hydrogen) atoms. The summed E-state index contributed by atoms with van der Waals surface area (Å²) in [6, 6.07) is 1.11. The minimum Gasteiger partial charge on any atom is -0.392 e. The molecule has 0 bridgehead atoms. The van der Waals surface area contributed by atoms with Crippen molar-refractivity contribution >= 4 is 8.07 Å². The average molecular weight is 212 g/mol. The van der Waals surface area contributed by atoms with Gasteiger partial charge in [0.2, 0.25) is 0 Å². The highest BCUT2D eigenvalue weighted by Gasteiger charge is 2.16. The standard InChI is InChI=1S/C12H24OSi/c1-10(2)7-12(13)8-11(3)9-14(4,5)6/h12-13H,1,3,7-9H2,2,4-6H3/t12-/m1/s1. The molecule has 2 heteroatoms. The summed E-state index contributed by atoms with van der Waals surface area (Å²) in [6.45, 7) is 16.7. The Kier molecular flexibility index (Phi) is 5.38. The van der Waals surface area contributed by atoms with E-state index in [0.717, 1.165) is 18.0 Å². The molecule has 0 aliphatic rings. The molecule has 0 aromatic carbocycles. The predicted octanol–water partition coefficient (Wildman–Crippen LogP) is 3.60. The van der Waals surface area contributed by atoms with Crippen LogP contribution in [-0.4, -0.2) is 19.3 Å². The van der Waals surface area contributed by atoms with Gasteiger partial charge >= 0.3 is 0 Å². The first-order chi connectivity index (χ1) is 6.20. The van der Waals surface area contributed by atoms with E-state index in [1.807, 2.05) is 6.92 Å². The van der Waals surface area contributed by atoms with Crippen LogP contribution >= 0.6 is 0 Å². The quantitative estimate of drug-likeness (QED) is 0.527. The van der Waals surface area contributed by atoms with Crippen molar-refractivity contribution in [2.75, 3.05) is 0 Å². The molecule has 0 aliphatic heterocycles. The molecule has 1 N–H and O–H groups in total. The monoisotopic (exact) mass is 212 g/mol. The Hall–Kier alpha value is -0.343. The van der Waals surface area contributed by atoms with Crippen molar-refractivity contribution in [2.24, 2.45) is 0 Å². The van der Waals surface area contributed by atoms with E-state index in [4.69, 9.17) is 0 Å². The minimum atomic E-state index is -1.06. The van der Waals surface area contributed by atoms with Gasteiger partial charge in [0.25, 0.3) is 0 Å². The molecule has 0 saturated heterocycles. The summed E-state index contributed by atoms with van der Waals surface area (Å²) < 4.78 is 0. The van der Waals surface area contributed by atoms with E-state index in [-0.39, 0.29) is 6.10 Å². The van der Waals surface area contributed by atoms with E-state index in [0.29, 0.717) is 6.42 Å². The molecule has 0 radical (unpaired) electrons. The van der Waals surface area contributed by atoms with Crippen LogP contribution in [0, 0.1) is 0 Å². The topological polar surface area (TPSA) is 20.2 Å². The molecule has 82 valence electrons. The lowest BCUT2D eigenvalue weighted by Gasteiger charge is -2.19. The Morgan fingerprint density at radius 1 is 1.21 bits per heavy atom. The normalized spacial score (nSPS) is 13.8. The summed E-state index contributed by atoms with van der Waals surface area (Å²) in [5.41, 5.74) is 2.23. The predicted molar refractivity (Wildman–Crippen MR) is 67.3 cm³/mol. The first kappa shape index (κ1) is 13.7. The second-order valence-corrected chi connectivity index (χ2v) is 11.0. The van der Waals surface area contributed by atoms with Crippen molar-refractivity contribution in [2.45, 2.75) is 51.6 Å². The van der Waals surface area contributed by atoms with Gasteiger partial charge in [-0.25, -0.2) is 0 Å². The van der Waals surface area contributed by atoms with Crippen molar-refractivity contribution in [1.82, 2.24) is 0 Å². The van der Waals surface area contributed by atoms with E-state index in [2.05, 4.69) is 32.8 Å². The molecule has 0 rings (SSSR count). The van der Waals surface area contributed by atoms with Crippen molar-refractivity contribution in [3.05, 3.63) is 24.3 Å². The van der Waals surface area contributed by atoms with Crippen LogP contribution in [0.2, 0.25) is 25.7 Å². The third kappa shape index (κ3) is 8.26. The Morgan fingerprint density at radius 3 is 2.07 bits per heavy atom. The zero-order chi connectivity index (χ0) is 11.4. The second kappa shape index (κ2) is 5.52. The molecular formula is C12H24OSi. The van der Waals surface area contributed by atoms with E-state index < -0.39 is 8.07 Å². The lowest BCUT2D eigenvalue weighted by atomic mass is 10.1. The van der Waals surface area contributed by atoms with Crippen molar-refractivity contribution in [1.29, 1.82) is 0 Å². The van der Waals surface area contributed by atoms with Gasteiger partial charge in [0, 0.05) is 8.07 Å². The SMILES string of the molecule is C=C(C)C[C@@H](O)CC(=C)C[Si](C)(C)C. The lowest BCUT2D eigenvalue weighted by Crippen LogP contribution is -2.21. The second-order valence-electron chi connectivity index (χ2n) is 5.51. The van der Waals surface area contributed by atoms with Gasteiger partial charge in [0.1, 0.15) is 0 Å². The third-order valence-corrected chi connectivity index (χ3v) is 3.45. The summed E-state index contributed by atoms with van der Waals surface area (Å²) in [4.78, 5) is 0. The molecule has 1 nitrogen and oxygen atoms in total. The summed E-state index contributed by atoms with van der Waals surface area (Å²) >= 11 is 0. The summed E-state index contributed by atoms with van der Waals surface area (Å²) in [5.74, 6) is 0. The summed E-state index contributed by atoms with van der Waals surface area (Å²) in [7, 11) is -1.06. The van der Waals surface area contributed by atoms with Gasteiger partial charge in [0.05, 0.1) is 6.10 Å². The van der Waals surface area contributed by atoms with Crippen LogP contribution in [0.1, 0.15) is 19.8 Å². The van der Waals surface area contributed by atoms with Crippen LogP contribution in [0.25, 0.3) is 0 Å². The first-order valence-electron chi connectivity index (χ1n) is 5.20. The fraction of sp³-hybridized carbons (Fsp3) is 0.667. The van der Waals surface area contributed by atoms with Gasteiger partial charge in [-0.15, -0.1) is 13.2 Å². The smallest absolute Gasteiger partial charge is 0.0613 e. The number of aliphatic hydroxyl groups excluding tert-OH is 1. The lowest BCUT2D eigenvalue weighted by molar-refractivity contribution is 0.175. The molecule has 0 amide bonds. The number of hydrogen-bond acceptors (Lipinski definition) is 1. The molecular weight excluding hydrogens is 188 g/mol. The zero-order valence-corrected chi connectivity index (χ0v) is 11.1. The molecule has 0 aromatic heterocycles. The fourth-order valence-corrected chi connectivity index (χ4v) is 3.27. The number of hydrogen-bond donors (Lipinski definition) is 1. The Morgan fingerprint density at radius 2 is 1.71 bits per heavy atom. The van der Waals surface area contributed by atoms with Gasteiger partial charge in [0.15, 0.2) is 0 Å². The fourth-order valence-electron chi connectivity index (χ4n) is 1.63. The van der Waals surface area contributed by atoms with Gasteiger partial charge in [-0.05, 0) is 25.8 Å². The molecule has 0 aromatic rings. The van der Waals surface area contributed by atoms with E-state index in [9.17, 15) is 5.11 Å². The van der Waals surface area contributed by atoms with Gasteiger partial charge in [-0.1, -0.05) is 30.8 Å². The maximum atomic E-state index is 9.68. The summed E-state index contributed by atoms with van der Waals surface area (Å²) in [5, 5.41) is 9.68. The largest absolute Gasteiger partial charge is 0.392 e. The Bertz CT molecular complexity index is 213. The van der Waals surface area contributed by atoms with Crippen molar-refractivity contribution in [3.8, 4) is 0 Å². The van der Waals surface area contributed by atoms with Gasteiger partial charge in [-0.3, -0.25) is 0 Å². The van der Waals surface area contributed by atoms with Crippen LogP contribution in [0.15, 0.2) is 24.3 Å². The molecule has 0 heterocycles.